The first-order valence-corrected chi connectivity index (χ1v) is 4.42. The van der Waals surface area contributed by atoms with Crippen molar-refractivity contribution in [1.82, 2.24) is 0 Å². The molecule has 0 aliphatic heterocycles. The Morgan fingerprint density at radius 1 is 1.20 bits per heavy atom. The number of ether oxygens (including phenoxy) is 1. The maximum absolute atomic E-state index is 5.39. The third-order valence-electron chi connectivity index (χ3n) is 1.67. The van der Waals surface area contributed by atoms with Crippen molar-refractivity contribution in [2.24, 2.45) is 0 Å². The molecule has 0 aromatic heterocycles. The van der Waals surface area contributed by atoms with E-state index in [-0.39, 0.29) is 0 Å². The summed E-state index contributed by atoms with van der Waals surface area (Å²) in [5.41, 5.74) is 0. The molecule has 0 radical (unpaired) electrons. The van der Waals surface area contributed by atoms with Gasteiger partial charge >= 0.3 is 0 Å². The topological polar surface area (TPSA) is 9.23 Å². The molecule has 1 nitrogen and oxygen atoms in total. The Labute approximate surface area is 64.8 Å². The van der Waals surface area contributed by atoms with E-state index in [4.69, 9.17) is 4.74 Å². The van der Waals surface area contributed by atoms with Gasteiger partial charge in [-0.3, -0.25) is 0 Å². The molecule has 0 aliphatic carbocycles. The van der Waals surface area contributed by atoms with E-state index in [1.165, 1.54) is 25.7 Å². The SMILES string of the molecule is CCCCC[C@@H](C)OCC. The minimum Gasteiger partial charge on any atom is -0.379 e. The van der Waals surface area contributed by atoms with Gasteiger partial charge in [0, 0.05) is 6.61 Å². The normalized spacial score (nSPS) is 13.5. The van der Waals surface area contributed by atoms with Gasteiger partial charge in [0.05, 0.1) is 6.10 Å². The first kappa shape index (κ1) is 9.96. The van der Waals surface area contributed by atoms with Crippen LogP contribution in [0.5, 0.6) is 0 Å². The van der Waals surface area contributed by atoms with E-state index in [0.717, 1.165) is 6.61 Å². The van der Waals surface area contributed by atoms with Gasteiger partial charge in [-0.15, -0.1) is 0 Å². The van der Waals surface area contributed by atoms with Crippen LogP contribution in [0, 0.1) is 0 Å². The maximum Gasteiger partial charge on any atom is 0.0546 e. The van der Waals surface area contributed by atoms with E-state index < -0.39 is 0 Å². The highest BCUT2D eigenvalue weighted by molar-refractivity contribution is 4.49. The van der Waals surface area contributed by atoms with Crippen molar-refractivity contribution in [1.29, 1.82) is 0 Å². The molecule has 0 N–H and O–H groups in total. The Bertz CT molecular complexity index is 61.7. The predicted octanol–water partition coefficient (Wildman–Crippen LogP) is 2.99. The summed E-state index contributed by atoms with van der Waals surface area (Å²) < 4.78 is 5.39. The van der Waals surface area contributed by atoms with Gasteiger partial charge < -0.3 is 4.74 Å². The van der Waals surface area contributed by atoms with Crippen LogP contribution in [0.3, 0.4) is 0 Å². The molecular formula is C9H20O. The van der Waals surface area contributed by atoms with Crippen LogP contribution < -0.4 is 0 Å². The van der Waals surface area contributed by atoms with Gasteiger partial charge in [-0.25, -0.2) is 0 Å². The van der Waals surface area contributed by atoms with Crippen LogP contribution in [0.2, 0.25) is 0 Å². The molecule has 0 rings (SSSR count). The van der Waals surface area contributed by atoms with Crippen LogP contribution in [0.1, 0.15) is 46.5 Å². The lowest BCUT2D eigenvalue weighted by Gasteiger charge is -2.09. The zero-order chi connectivity index (χ0) is 7.82. The Hall–Kier alpha value is -0.0400. The summed E-state index contributed by atoms with van der Waals surface area (Å²) in [5.74, 6) is 0. The molecule has 0 aromatic rings. The zero-order valence-corrected chi connectivity index (χ0v) is 7.52. The highest BCUT2D eigenvalue weighted by atomic mass is 16.5. The van der Waals surface area contributed by atoms with Gasteiger partial charge in [0.25, 0.3) is 0 Å². The standard InChI is InChI=1S/C9H20O/c1-4-6-7-8-9(3)10-5-2/h9H,4-8H2,1-3H3/t9-/m1/s1. The van der Waals surface area contributed by atoms with E-state index in [9.17, 15) is 0 Å². The van der Waals surface area contributed by atoms with Crippen LogP contribution in [0.25, 0.3) is 0 Å². The van der Waals surface area contributed by atoms with Gasteiger partial charge in [0.2, 0.25) is 0 Å². The fraction of sp³-hybridized carbons (Fsp3) is 1.00. The van der Waals surface area contributed by atoms with Crippen molar-refractivity contribution in [2.75, 3.05) is 6.61 Å². The van der Waals surface area contributed by atoms with E-state index in [0.29, 0.717) is 6.10 Å². The maximum atomic E-state index is 5.39. The summed E-state index contributed by atoms with van der Waals surface area (Å²) in [5, 5.41) is 0. The minimum atomic E-state index is 0.469. The van der Waals surface area contributed by atoms with Crippen LogP contribution in [-0.2, 0) is 4.74 Å². The highest BCUT2D eigenvalue weighted by Crippen LogP contribution is 2.05. The lowest BCUT2D eigenvalue weighted by atomic mass is 10.1. The first-order chi connectivity index (χ1) is 4.81. The molecule has 0 spiro atoms. The lowest BCUT2D eigenvalue weighted by molar-refractivity contribution is 0.0685. The molecule has 0 fully saturated rings. The van der Waals surface area contributed by atoms with Gasteiger partial charge in [-0.2, -0.15) is 0 Å². The van der Waals surface area contributed by atoms with Crippen molar-refractivity contribution >= 4 is 0 Å². The summed E-state index contributed by atoms with van der Waals surface area (Å²) in [6.45, 7) is 7.29. The summed E-state index contributed by atoms with van der Waals surface area (Å²) >= 11 is 0. The predicted molar refractivity (Wildman–Crippen MR) is 45.2 cm³/mol. The minimum absolute atomic E-state index is 0.469. The molecule has 1 heteroatoms. The van der Waals surface area contributed by atoms with Gasteiger partial charge in [0.1, 0.15) is 0 Å². The number of rotatable bonds is 6. The van der Waals surface area contributed by atoms with Gasteiger partial charge in [-0.05, 0) is 20.3 Å². The molecule has 62 valence electrons. The molecule has 0 aromatic carbocycles. The largest absolute Gasteiger partial charge is 0.379 e. The average Bonchev–Trinajstić information content (AvgIpc) is 1.89. The Morgan fingerprint density at radius 3 is 2.40 bits per heavy atom. The van der Waals surface area contributed by atoms with E-state index in [1.807, 2.05) is 0 Å². The third-order valence-corrected chi connectivity index (χ3v) is 1.67. The van der Waals surface area contributed by atoms with E-state index in [1.54, 1.807) is 0 Å². The number of unbranched alkanes of at least 4 members (excludes halogenated alkanes) is 2. The second-order valence-electron chi connectivity index (χ2n) is 2.76. The molecule has 0 heterocycles. The van der Waals surface area contributed by atoms with Crippen molar-refractivity contribution in [3.05, 3.63) is 0 Å². The fourth-order valence-electron chi connectivity index (χ4n) is 1.05. The molecule has 0 bridgehead atoms. The molecule has 10 heavy (non-hydrogen) atoms. The number of hydrogen-bond donors (Lipinski definition) is 0. The summed E-state index contributed by atoms with van der Waals surface area (Å²) in [4.78, 5) is 0. The molecular weight excluding hydrogens is 124 g/mol. The summed E-state index contributed by atoms with van der Waals surface area (Å²) in [7, 11) is 0. The van der Waals surface area contributed by atoms with Crippen LogP contribution in [0.4, 0.5) is 0 Å². The van der Waals surface area contributed by atoms with E-state index in [2.05, 4.69) is 20.8 Å². The van der Waals surface area contributed by atoms with Crippen molar-refractivity contribution in [3.8, 4) is 0 Å². The average molecular weight is 144 g/mol. The molecule has 0 aliphatic rings. The molecule has 0 saturated heterocycles. The van der Waals surface area contributed by atoms with Gasteiger partial charge in [0.15, 0.2) is 0 Å². The van der Waals surface area contributed by atoms with Crippen LogP contribution in [0.15, 0.2) is 0 Å². The fourth-order valence-corrected chi connectivity index (χ4v) is 1.05. The summed E-state index contributed by atoms with van der Waals surface area (Å²) in [6, 6.07) is 0. The van der Waals surface area contributed by atoms with Crippen molar-refractivity contribution in [3.63, 3.8) is 0 Å². The second-order valence-corrected chi connectivity index (χ2v) is 2.76. The molecule has 1 atom stereocenters. The smallest absolute Gasteiger partial charge is 0.0546 e. The Morgan fingerprint density at radius 2 is 1.90 bits per heavy atom. The Balaban J connectivity index is 2.97. The second kappa shape index (κ2) is 7.07. The van der Waals surface area contributed by atoms with Crippen LogP contribution in [-0.4, -0.2) is 12.7 Å². The molecule has 0 amide bonds. The number of hydrogen-bond acceptors (Lipinski definition) is 1. The Kier molecular flexibility index (Phi) is 7.04. The zero-order valence-electron chi connectivity index (χ0n) is 7.52. The molecule has 0 unspecified atom stereocenters. The quantitative estimate of drug-likeness (QED) is 0.521. The van der Waals surface area contributed by atoms with Crippen molar-refractivity contribution < 1.29 is 4.74 Å². The van der Waals surface area contributed by atoms with E-state index >= 15 is 0 Å². The van der Waals surface area contributed by atoms with Gasteiger partial charge in [-0.1, -0.05) is 26.2 Å². The summed E-state index contributed by atoms with van der Waals surface area (Å²) in [6.07, 6.45) is 5.66. The lowest BCUT2D eigenvalue weighted by Crippen LogP contribution is -2.06. The first-order valence-electron chi connectivity index (χ1n) is 4.42. The van der Waals surface area contributed by atoms with Crippen LogP contribution >= 0.6 is 0 Å². The monoisotopic (exact) mass is 144 g/mol. The highest BCUT2D eigenvalue weighted by Gasteiger charge is 1.98. The molecule has 0 saturated carbocycles. The third kappa shape index (κ3) is 6.09. The van der Waals surface area contributed by atoms with Crippen molar-refractivity contribution in [2.45, 2.75) is 52.6 Å².